The van der Waals surface area contributed by atoms with Gasteiger partial charge in [0.1, 0.15) is 6.04 Å². The third kappa shape index (κ3) is 4.18. The maximum atomic E-state index is 13.0. The summed E-state index contributed by atoms with van der Waals surface area (Å²) >= 11 is 0. The summed E-state index contributed by atoms with van der Waals surface area (Å²) < 4.78 is 0. The summed E-state index contributed by atoms with van der Waals surface area (Å²) in [6, 6.07) is 14.4. The largest absolute Gasteiger partial charge is 0.368 e. The van der Waals surface area contributed by atoms with Crippen LogP contribution in [0.2, 0.25) is 0 Å². The van der Waals surface area contributed by atoms with Gasteiger partial charge in [-0.25, -0.2) is 4.79 Å². The van der Waals surface area contributed by atoms with Crippen LogP contribution in [0.25, 0.3) is 10.9 Å². The van der Waals surface area contributed by atoms with E-state index in [2.05, 4.69) is 30.6 Å². The molecule has 10 heteroatoms. The molecule has 0 unspecified atom stereocenters. The van der Waals surface area contributed by atoms with Gasteiger partial charge in [-0.2, -0.15) is 15.0 Å². The van der Waals surface area contributed by atoms with Crippen molar-refractivity contribution >= 4 is 40.4 Å². The van der Waals surface area contributed by atoms with E-state index < -0.39 is 12.1 Å². The zero-order valence-corrected chi connectivity index (χ0v) is 17.9. The third-order valence-corrected chi connectivity index (χ3v) is 5.51. The molecule has 3 heterocycles. The highest BCUT2D eigenvalue weighted by atomic mass is 16.2. The van der Waals surface area contributed by atoms with Gasteiger partial charge in [0.2, 0.25) is 11.9 Å². The van der Waals surface area contributed by atoms with Gasteiger partial charge in [-0.15, -0.1) is 0 Å². The maximum absolute atomic E-state index is 13.0. The van der Waals surface area contributed by atoms with Crippen molar-refractivity contribution in [1.82, 2.24) is 30.2 Å². The number of aromatic amines is 1. The zero-order valence-electron chi connectivity index (χ0n) is 17.9. The van der Waals surface area contributed by atoms with E-state index >= 15 is 0 Å². The molecule has 166 valence electrons. The number of rotatable bonds is 6. The van der Waals surface area contributed by atoms with Crippen molar-refractivity contribution in [2.45, 2.75) is 25.9 Å². The molecular weight excluding hydrogens is 420 g/mol. The fourth-order valence-electron chi connectivity index (χ4n) is 3.86. The molecule has 0 saturated carbocycles. The minimum absolute atomic E-state index is 0.00277. The second kappa shape index (κ2) is 8.23. The fourth-order valence-corrected chi connectivity index (χ4v) is 3.86. The molecule has 0 bridgehead atoms. The molecule has 5 N–H and O–H groups in total. The van der Waals surface area contributed by atoms with Crippen LogP contribution >= 0.6 is 0 Å². The van der Waals surface area contributed by atoms with E-state index in [0.717, 1.165) is 32.6 Å². The molecule has 1 aliphatic heterocycles. The first-order chi connectivity index (χ1) is 16.0. The minimum Gasteiger partial charge on any atom is -0.368 e. The smallest absolute Gasteiger partial charge is 0.325 e. The molecule has 1 saturated heterocycles. The molecule has 0 aliphatic carbocycles. The summed E-state index contributed by atoms with van der Waals surface area (Å²) in [6.45, 7) is 1.89. The Labute approximate surface area is 189 Å². The number of nitrogen functional groups attached to an aromatic ring is 1. The van der Waals surface area contributed by atoms with Crippen LogP contribution in [-0.4, -0.2) is 42.8 Å². The number of nitrogens with one attached hydrogen (secondary N) is 3. The number of H-pyrrole nitrogens is 1. The van der Waals surface area contributed by atoms with E-state index in [0.29, 0.717) is 6.42 Å². The first kappa shape index (κ1) is 20.4. The van der Waals surface area contributed by atoms with Crippen molar-refractivity contribution in [2.75, 3.05) is 11.1 Å². The van der Waals surface area contributed by atoms with Crippen LogP contribution in [0.5, 0.6) is 0 Å². The molecule has 0 spiro atoms. The normalized spacial score (nSPS) is 15.8. The van der Waals surface area contributed by atoms with E-state index in [-0.39, 0.29) is 30.2 Å². The average Bonchev–Trinajstić information content (AvgIpc) is 3.31. The number of fused-ring (bicyclic) bond motifs is 1. The highest BCUT2D eigenvalue weighted by Gasteiger charge is 2.38. The second-order valence-corrected chi connectivity index (χ2v) is 7.91. The first-order valence-electron chi connectivity index (χ1n) is 10.5. The molecule has 1 fully saturated rings. The zero-order chi connectivity index (χ0) is 22.9. The Morgan fingerprint density at radius 3 is 2.67 bits per heavy atom. The molecule has 10 nitrogen and oxygen atoms in total. The van der Waals surface area contributed by atoms with E-state index in [1.54, 1.807) is 0 Å². The fraction of sp³-hybridized carbons (Fsp3) is 0.174. The van der Waals surface area contributed by atoms with Crippen LogP contribution < -0.4 is 16.4 Å². The summed E-state index contributed by atoms with van der Waals surface area (Å²) in [4.78, 5) is 42.4. The van der Waals surface area contributed by atoms with Gasteiger partial charge in [0.05, 0.1) is 6.54 Å². The first-order valence-corrected chi connectivity index (χ1v) is 10.5. The average molecular weight is 442 g/mol. The van der Waals surface area contributed by atoms with Gasteiger partial charge < -0.3 is 21.4 Å². The Bertz CT molecular complexity index is 1350. The number of nitrogens with two attached hydrogens (primary N) is 1. The lowest BCUT2D eigenvalue weighted by molar-refractivity contribution is -0.127. The van der Waals surface area contributed by atoms with E-state index in [4.69, 9.17) is 5.73 Å². The highest BCUT2D eigenvalue weighted by molar-refractivity contribution is 6.04. The molecule has 0 radical (unpaired) electrons. The summed E-state index contributed by atoms with van der Waals surface area (Å²) in [5.41, 5.74) is 9.69. The van der Waals surface area contributed by atoms with Gasteiger partial charge in [-0.1, -0.05) is 35.9 Å². The standard InChI is InChI=1S/C23H22N8O2/c1-13-6-8-15(9-7-13)26-22-29-19(28-21(24)30-22)12-31-20(32)18(27-23(31)33)10-14-11-25-17-5-3-2-4-16(14)17/h2-9,11,18,25H,10,12H2,1H3,(H,27,33)(H3,24,26,28,29,30)/t18-/m1/s1. The molecule has 33 heavy (non-hydrogen) atoms. The van der Waals surface area contributed by atoms with Crippen LogP contribution in [-0.2, 0) is 17.8 Å². The van der Waals surface area contributed by atoms with Gasteiger partial charge in [-0.05, 0) is 30.7 Å². The number of nitrogens with zero attached hydrogens (tertiary/aromatic N) is 4. The van der Waals surface area contributed by atoms with Crippen molar-refractivity contribution < 1.29 is 9.59 Å². The third-order valence-electron chi connectivity index (χ3n) is 5.51. The Kier molecular flexibility index (Phi) is 5.09. The van der Waals surface area contributed by atoms with Crippen LogP contribution in [0.4, 0.5) is 22.4 Å². The number of hydrogen-bond acceptors (Lipinski definition) is 7. The quantitative estimate of drug-likeness (QED) is 0.336. The van der Waals surface area contributed by atoms with Crippen LogP contribution in [0.1, 0.15) is 17.0 Å². The lowest BCUT2D eigenvalue weighted by Gasteiger charge is -2.13. The van der Waals surface area contributed by atoms with E-state index in [1.165, 1.54) is 0 Å². The molecule has 1 atom stereocenters. The lowest BCUT2D eigenvalue weighted by Crippen LogP contribution is -2.32. The number of anilines is 3. The van der Waals surface area contributed by atoms with Gasteiger partial charge >= 0.3 is 6.03 Å². The Balaban J connectivity index is 1.31. The summed E-state index contributed by atoms with van der Waals surface area (Å²) in [5.74, 6) is 0.117. The molecule has 2 aromatic carbocycles. The predicted octanol–water partition coefficient (Wildman–Crippen LogP) is 2.65. The Hall–Kier alpha value is -4.47. The maximum Gasteiger partial charge on any atom is 0.325 e. The molecular formula is C23H22N8O2. The van der Waals surface area contributed by atoms with Crippen LogP contribution in [0.3, 0.4) is 0 Å². The van der Waals surface area contributed by atoms with Gasteiger partial charge in [0.15, 0.2) is 5.82 Å². The number of imide groups is 1. The number of hydrogen-bond donors (Lipinski definition) is 4. The number of urea groups is 1. The summed E-state index contributed by atoms with van der Waals surface area (Å²) in [7, 11) is 0. The topological polar surface area (TPSA) is 142 Å². The van der Waals surface area contributed by atoms with Crippen LogP contribution in [0, 0.1) is 6.92 Å². The molecule has 3 amide bonds. The van der Waals surface area contributed by atoms with Crippen molar-refractivity contribution in [3.63, 3.8) is 0 Å². The molecule has 5 rings (SSSR count). The molecule has 2 aromatic heterocycles. The number of carbonyl (C=O) groups is 2. The van der Waals surface area contributed by atoms with Crippen molar-refractivity contribution in [1.29, 1.82) is 0 Å². The number of amides is 3. The number of aryl methyl sites for hydroxylation is 1. The molecule has 1 aliphatic rings. The monoisotopic (exact) mass is 442 g/mol. The van der Waals surface area contributed by atoms with Gasteiger partial charge in [-0.3, -0.25) is 9.69 Å². The number of carbonyl (C=O) groups excluding carboxylic acids is 2. The van der Waals surface area contributed by atoms with Gasteiger partial charge in [0.25, 0.3) is 5.91 Å². The SMILES string of the molecule is Cc1ccc(Nc2nc(N)nc(CN3C(=O)N[C@H](Cc4c[nH]c5ccccc45)C3=O)n2)cc1. The lowest BCUT2D eigenvalue weighted by atomic mass is 10.1. The summed E-state index contributed by atoms with van der Waals surface area (Å²) in [6.07, 6.45) is 2.24. The number of para-hydroxylation sites is 1. The predicted molar refractivity (Wildman–Crippen MR) is 124 cm³/mol. The highest BCUT2D eigenvalue weighted by Crippen LogP contribution is 2.22. The van der Waals surface area contributed by atoms with E-state index in [9.17, 15) is 9.59 Å². The van der Waals surface area contributed by atoms with Crippen molar-refractivity contribution in [3.05, 3.63) is 71.7 Å². The van der Waals surface area contributed by atoms with Gasteiger partial charge in [0, 0.05) is 29.2 Å². The van der Waals surface area contributed by atoms with Crippen molar-refractivity contribution in [2.24, 2.45) is 0 Å². The summed E-state index contributed by atoms with van der Waals surface area (Å²) in [5, 5.41) is 6.85. The Morgan fingerprint density at radius 1 is 1.06 bits per heavy atom. The molecule has 4 aromatic rings. The van der Waals surface area contributed by atoms with Crippen LogP contribution in [0.15, 0.2) is 54.7 Å². The number of benzene rings is 2. The Morgan fingerprint density at radius 2 is 1.85 bits per heavy atom. The second-order valence-electron chi connectivity index (χ2n) is 7.91. The van der Waals surface area contributed by atoms with E-state index in [1.807, 2.05) is 61.7 Å². The number of aromatic nitrogens is 4. The van der Waals surface area contributed by atoms with Crippen molar-refractivity contribution in [3.8, 4) is 0 Å². The minimum atomic E-state index is -0.666.